The smallest absolute Gasteiger partial charge is 0.242 e. The van der Waals surface area contributed by atoms with Gasteiger partial charge in [0.05, 0.1) is 0 Å². The maximum absolute atomic E-state index is 6.22. The van der Waals surface area contributed by atoms with Gasteiger partial charge in [0.25, 0.3) is 0 Å². The van der Waals surface area contributed by atoms with E-state index in [4.69, 9.17) is 4.43 Å². The van der Waals surface area contributed by atoms with E-state index in [1.807, 2.05) is 0 Å². The number of allylic oxidation sites excluding steroid dienone is 2. The van der Waals surface area contributed by atoms with Crippen LogP contribution in [-0.4, -0.2) is 8.32 Å². The standard InChI is InChI=1S/C21H30OSi/c1-21-12-5-6-20(21)19-9-7-15-14-16(22-23(2,3)4)8-10-17(15)18(19)11-13-21/h5,8,10,12,14,18-20H,6-7,9,11,13H2,1-4H3/t18-,19-,20+,21+/m1/s1. The van der Waals surface area contributed by atoms with Gasteiger partial charge < -0.3 is 4.43 Å². The van der Waals surface area contributed by atoms with Crippen molar-refractivity contribution < 1.29 is 4.43 Å². The summed E-state index contributed by atoms with van der Waals surface area (Å²) in [4.78, 5) is 0. The average molecular weight is 327 g/mol. The molecule has 0 saturated heterocycles. The van der Waals surface area contributed by atoms with Crippen molar-refractivity contribution in [2.24, 2.45) is 17.3 Å². The van der Waals surface area contributed by atoms with Crippen molar-refractivity contribution in [1.82, 2.24) is 0 Å². The summed E-state index contributed by atoms with van der Waals surface area (Å²) >= 11 is 0. The predicted octanol–water partition coefficient (Wildman–Crippen LogP) is 5.92. The third-order valence-corrected chi connectivity index (χ3v) is 7.30. The quantitative estimate of drug-likeness (QED) is 0.484. The summed E-state index contributed by atoms with van der Waals surface area (Å²) in [5.41, 5.74) is 3.69. The fourth-order valence-electron chi connectivity index (χ4n) is 5.46. The molecule has 0 N–H and O–H groups in total. The molecule has 124 valence electrons. The molecule has 4 atom stereocenters. The van der Waals surface area contributed by atoms with Gasteiger partial charge in [0, 0.05) is 0 Å². The summed E-state index contributed by atoms with van der Waals surface area (Å²) in [6, 6.07) is 6.98. The van der Waals surface area contributed by atoms with Crippen molar-refractivity contribution in [1.29, 1.82) is 0 Å². The minimum atomic E-state index is -1.51. The van der Waals surface area contributed by atoms with Crippen molar-refractivity contribution in [2.75, 3.05) is 0 Å². The molecule has 0 bridgehead atoms. The summed E-state index contributed by atoms with van der Waals surface area (Å²) in [6.07, 6.45) is 11.6. The Morgan fingerprint density at radius 3 is 2.78 bits per heavy atom. The molecule has 1 saturated carbocycles. The van der Waals surface area contributed by atoms with Gasteiger partial charge >= 0.3 is 0 Å². The molecule has 1 aromatic carbocycles. The first-order chi connectivity index (χ1) is 10.9. The number of benzene rings is 1. The molecule has 1 aromatic rings. The Balaban J connectivity index is 1.62. The van der Waals surface area contributed by atoms with Gasteiger partial charge in [-0.1, -0.05) is 25.1 Å². The molecule has 0 radical (unpaired) electrons. The lowest BCUT2D eigenvalue weighted by molar-refractivity contribution is 0.0826. The summed E-state index contributed by atoms with van der Waals surface area (Å²) < 4.78 is 6.22. The van der Waals surface area contributed by atoms with Gasteiger partial charge in [0.15, 0.2) is 0 Å². The van der Waals surface area contributed by atoms with Gasteiger partial charge in [-0.2, -0.15) is 0 Å². The molecule has 0 aromatic heterocycles. The minimum absolute atomic E-state index is 0.486. The Kier molecular flexibility index (Phi) is 3.53. The van der Waals surface area contributed by atoms with E-state index in [9.17, 15) is 0 Å². The molecule has 0 aliphatic heterocycles. The van der Waals surface area contributed by atoms with Crippen LogP contribution in [0.15, 0.2) is 30.4 Å². The Labute approximate surface area is 142 Å². The molecule has 0 amide bonds. The van der Waals surface area contributed by atoms with Gasteiger partial charge in [-0.05, 0) is 98.2 Å². The summed E-state index contributed by atoms with van der Waals surface area (Å²) in [5.74, 6) is 3.66. The van der Waals surface area contributed by atoms with E-state index in [0.717, 1.165) is 23.5 Å². The SMILES string of the molecule is C[C@@]12C=CC[C@H]1[C@@H]1CCc3cc(O[Si](C)(C)C)ccc3[C@H]1CC2. The van der Waals surface area contributed by atoms with Gasteiger partial charge in [-0.3, -0.25) is 0 Å². The van der Waals surface area contributed by atoms with Crippen LogP contribution in [0, 0.1) is 17.3 Å². The number of fused-ring (bicyclic) bond motifs is 5. The minimum Gasteiger partial charge on any atom is -0.544 e. The van der Waals surface area contributed by atoms with Gasteiger partial charge in [-0.15, -0.1) is 0 Å². The molecule has 0 unspecified atom stereocenters. The van der Waals surface area contributed by atoms with Crippen LogP contribution in [0.5, 0.6) is 5.75 Å². The molecule has 4 rings (SSSR count). The monoisotopic (exact) mass is 326 g/mol. The lowest BCUT2D eigenvalue weighted by Crippen LogP contribution is -2.39. The van der Waals surface area contributed by atoms with Crippen LogP contribution in [0.4, 0.5) is 0 Å². The number of hydrogen-bond donors (Lipinski definition) is 0. The van der Waals surface area contributed by atoms with Crippen molar-refractivity contribution >= 4 is 8.32 Å². The van der Waals surface area contributed by atoms with Crippen LogP contribution in [0.3, 0.4) is 0 Å². The zero-order valence-corrected chi connectivity index (χ0v) is 16.1. The van der Waals surface area contributed by atoms with Crippen LogP contribution < -0.4 is 4.43 Å². The number of aryl methyl sites for hydroxylation is 1. The first-order valence-corrected chi connectivity index (χ1v) is 12.8. The topological polar surface area (TPSA) is 9.23 Å². The first kappa shape index (κ1) is 15.5. The molecule has 2 heteroatoms. The van der Waals surface area contributed by atoms with Crippen molar-refractivity contribution in [3.63, 3.8) is 0 Å². The van der Waals surface area contributed by atoms with Crippen LogP contribution >= 0.6 is 0 Å². The normalized spacial score (nSPS) is 35.4. The largest absolute Gasteiger partial charge is 0.544 e. The van der Waals surface area contributed by atoms with Gasteiger partial charge in [0.1, 0.15) is 5.75 Å². The second kappa shape index (κ2) is 5.24. The zero-order chi connectivity index (χ0) is 16.2. The van der Waals surface area contributed by atoms with Crippen LogP contribution in [0.1, 0.15) is 49.7 Å². The van der Waals surface area contributed by atoms with Crippen molar-refractivity contribution in [3.8, 4) is 5.75 Å². The average Bonchev–Trinajstić information content (AvgIpc) is 2.86. The number of hydrogen-bond acceptors (Lipinski definition) is 1. The maximum atomic E-state index is 6.22. The fourth-order valence-corrected chi connectivity index (χ4v) is 6.29. The van der Waals surface area contributed by atoms with Gasteiger partial charge in [-0.25, -0.2) is 0 Å². The van der Waals surface area contributed by atoms with Gasteiger partial charge in [0.2, 0.25) is 8.32 Å². The van der Waals surface area contributed by atoms with E-state index in [0.29, 0.717) is 5.41 Å². The molecule has 1 fully saturated rings. The molecular weight excluding hydrogens is 296 g/mol. The highest BCUT2D eigenvalue weighted by atomic mass is 28.4. The summed E-state index contributed by atoms with van der Waals surface area (Å²) in [6.45, 7) is 9.28. The molecule has 3 aliphatic rings. The summed E-state index contributed by atoms with van der Waals surface area (Å²) in [7, 11) is -1.51. The predicted molar refractivity (Wildman–Crippen MR) is 99.6 cm³/mol. The highest BCUT2D eigenvalue weighted by molar-refractivity contribution is 6.70. The molecule has 0 spiro atoms. The van der Waals surface area contributed by atoms with E-state index >= 15 is 0 Å². The first-order valence-electron chi connectivity index (χ1n) is 9.35. The number of rotatable bonds is 2. The molecular formula is C21H30OSi. The van der Waals surface area contributed by atoms with Crippen LogP contribution in [-0.2, 0) is 6.42 Å². The Morgan fingerprint density at radius 1 is 1.17 bits per heavy atom. The van der Waals surface area contributed by atoms with E-state index < -0.39 is 8.32 Å². The molecule has 3 aliphatic carbocycles. The third kappa shape index (κ3) is 2.69. The summed E-state index contributed by atoms with van der Waals surface area (Å²) in [5, 5.41) is 0. The highest BCUT2D eigenvalue weighted by Crippen LogP contribution is 2.58. The molecule has 1 nitrogen and oxygen atoms in total. The maximum Gasteiger partial charge on any atom is 0.242 e. The highest BCUT2D eigenvalue weighted by Gasteiger charge is 2.48. The second-order valence-corrected chi connectivity index (χ2v) is 13.6. The Hall–Kier alpha value is -1.02. The van der Waals surface area contributed by atoms with E-state index in [1.54, 1.807) is 11.1 Å². The van der Waals surface area contributed by atoms with E-state index in [1.165, 1.54) is 32.1 Å². The van der Waals surface area contributed by atoms with E-state index in [-0.39, 0.29) is 0 Å². The third-order valence-electron chi connectivity index (χ3n) is 6.45. The molecule has 0 heterocycles. The van der Waals surface area contributed by atoms with Crippen LogP contribution in [0.25, 0.3) is 0 Å². The van der Waals surface area contributed by atoms with Crippen molar-refractivity contribution in [2.45, 2.75) is 64.6 Å². The fraction of sp³-hybridized carbons (Fsp3) is 0.619. The zero-order valence-electron chi connectivity index (χ0n) is 15.1. The Bertz CT molecular complexity index is 642. The van der Waals surface area contributed by atoms with Crippen LogP contribution in [0.2, 0.25) is 19.6 Å². The van der Waals surface area contributed by atoms with E-state index in [2.05, 4.69) is 56.9 Å². The lowest BCUT2D eigenvalue weighted by Gasteiger charge is -2.49. The second-order valence-electron chi connectivity index (χ2n) is 9.17. The van der Waals surface area contributed by atoms with Crippen molar-refractivity contribution in [3.05, 3.63) is 41.5 Å². The Morgan fingerprint density at radius 2 is 2.00 bits per heavy atom. The lowest BCUT2D eigenvalue weighted by atomic mass is 9.56. The molecule has 23 heavy (non-hydrogen) atoms.